The maximum Gasteiger partial charge on any atom is 0.433 e. The number of alkyl halides is 3. The fourth-order valence-electron chi connectivity index (χ4n) is 2.42. The third-order valence-electron chi connectivity index (χ3n) is 3.82. The number of carbonyl (C=O) groups is 1. The Hall–Kier alpha value is -3.65. The van der Waals surface area contributed by atoms with Crippen molar-refractivity contribution in [2.24, 2.45) is 14.1 Å². The van der Waals surface area contributed by atoms with Gasteiger partial charge in [0, 0.05) is 13.6 Å². The molecule has 0 aliphatic carbocycles. The number of hydrogen-bond donors (Lipinski definition) is 1. The van der Waals surface area contributed by atoms with Crippen LogP contribution in [-0.2, 0) is 26.8 Å². The van der Waals surface area contributed by atoms with Crippen LogP contribution in [0.15, 0.2) is 12.1 Å². The summed E-state index contributed by atoms with van der Waals surface area (Å²) < 4.78 is 40.8. The molecule has 3 rings (SSSR count). The molecule has 12 nitrogen and oxygen atoms in total. The molecule has 3 aromatic heterocycles. The summed E-state index contributed by atoms with van der Waals surface area (Å²) in [6.07, 6.45) is -4.68. The van der Waals surface area contributed by atoms with Crippen LogP contribution >= 0.6 is 0 Å². The average molecular weight is 411 g/mol. The van der Waals surface area contributed by atoms with E-state index in [1.165, 1.54) is 21.4 Å². The Morgan fingerprint density at radius 3 is 2.52 bits per heavy atom. The molecule has 0 aliphatic rings. The molecule has 0 aliphatic heterocycles. The van der Waals surface area contributed by atoms with Crippen LogP contribution in [0.4, 0.5) is 24.9 Å². The molecule has 0 radical (unpaired) electrons. The summed E-state index contributed by atoms with van der Waals surface area (Å²) >= 11 is 0. The molecule has 0 bridgehead atoms. The normalized spacial score (nSPS) is 11.5. The van der Waals surface area contributed by atoms with Crippen LogP contribution in [0.1, 0.15) is 28.8 Å². The molecule has 0 atom stereocenters. The van der Waals surface area contributed by atoms with Crippen molar-refractivity contribution in [3.63, 3.8) is 0 Å². The van der Waals surface area contributed by atoms with Crippen LogP contribution in [0.5, 0.6) is 0 Å². The Morgan fingerprint density at radius 2 is 1.97 bits per heavy atom. The number of nitrogens with zero attached hydrogens (tertiary/aromatic N) is 10. The highest BCUT2D eigenvalue weighted by Crippen LogP contribution is 2.31. The van der Waals surface area contributed by atoms with Gasteiger partial charge in [0.15, 0.2) is 5.82 Å². The quantitative estimate of drug-likeness (QED) is 0.613. The largest absolute Gasteiger partial charge is 0.433 e. The zero-order valence-corrected chi connectivity index (χ0v) is 15.6. The summed E-state index contributed by atoms with van der Waals surface area (Å²) in [7, 11) is 3.06. The van der Waals surface area contributed by atoms with Crippen LogP contribution in [0.25, 0.3) is 0 Å². The Labute approximate surface area is 161 Å². The van der Waals surface area contributed by atoms with E-state index in [1.807, 2.05) is 0 Å². The van der Waals surface area contributed by atoms with Gasteiger partial charge in [-0.2, -0.15) is 18.0 Å². The number of rotatable bonds is 6. The monoisotopic (exact) mass is 411 g/mol. The highest BCUT2D eigenvalue weighted by atomic mass is 19.4. The standard InChI is InChI=1S/C14H16F3N11O/c1-4-28(7-10-20-24-27(3)22-10)11-8(5-6-9(18-11)14(15,16)17)12(29)19-13-21-23-25-26(13)2/h5-6H,4,7H2,1-3H3,(H,19,21,25,29). The molecule has 1 N–H and O–H groups in total. The molecule has 0 spiro atoms. The van der Waals surface area contributed by atoms with Gasteiger partial charge in [-0.15, -0.1) is 10.2 Å². The van der Waals surface area contributed by atoms with Crippen molar-refractivity contribution in [1.29, 1.82) is 0 Å². The molecule has 3 aromatic rings. The summed E-state index contributed by atoms with van der Waals surface area (Å²) in [6.45, 7) is 1.94. The first-order chi connectivity index (χ1) is 13.7. The van der Waals surface area contributed by atoms with Crippen molar-refractivity contribution in [1.82, 2.24) is 45.4 Å². The van der Waals surface area contributed by atoms with Gasteiger partial charge in [0.2, 0.25) is 5.95 Å². The number of aryl methyl sites for hydroxylation is 2. The fourth-order valence-corrected chi connectivity index (χ4v) is 2.42. The summed E-state index contributed by atoms with van der Waals surface area (Å²) in [4.78, 5) is 19.1. The van der Waals surface area contributed by atoms with Crippen LogP contribution in [0.3, 0.4) is 0 Å². The van der Waals surface area contributed by atoms with E-state index in [2.05, 4.69) is 41.2 Å². The minimum absolute atomic E-state index is 0.00441. The Kier molecular flexibility index (Phi) is 5.38. The number of tetrazole rings is 2. The lowest BCUT2D eigenvalue weighted by Crippen LogP contribution is -2.29. The van der Waals surface area contributed by atoms with Gasteiger partial charge in [-0.1, -0.05) is 5.10 Å². The second-order valence-electron chi connectivity index (χ2n) is 5.85. The Balaban J connectivity index is 2.00. The van der Waals surface area contributed by atoms with Crippen molar-refractivity contribution in [3.8, 4) is 0 Å². The van der Waals surface area contributed by atoms with E-state index in [1.54, 1.807) is 14.0 Å². The minimum atomic E-state index is -4.68. The summed E-state index contributed by atoms with van der Waals surface area (Å²) in [5.74, 6) is -0.607. The van der Waals surface area contributed by atoms with Crippen LogP contribution < -0.4 is 10.2 Å². The predicted molar refractivity (Wildman–Crippen MR) is 91.5 cm³/mol. The summed E-state index contributed by atoms with van der Waals surface area (Å²) in [5, 5.41) is 24.6. The number of aromatic nitrogens is 9. The fraction of sp³-hybridized carbons (Fsp3) is 0.429. The van der Waals surface area contributed by atoms with Crippen molar-refractivity contribution >= 4 is 17.7 Å². The zero-order chi connectivity index (χ0) is 21.2. The predicted octanol–water partition coefficient (Wildman–Crippen LogP) is 0.426. The molecular formula is C14H16F3N11O. The van der Waals surface area contributed by atoms with Crippen molar-refractivity contribution in [2.75, 3.05) is 16.8 Å². The first-order valence-corrected chi connectivity index (χ1v) is 8.28. The molecule has 0 fully saturated rings. The lowest BCUT2D eigenvalue weighted by atomic mass is 10.2. The lowest BCUT2D eigenvalue weighted by molar-refractivity contribution is -0.141. The van der Waals surface area contributed by atoms with Gasteiger partial charge in [-0.25, -0.2) is 9.67 Å². The number of pyridine rings is 1. The van der Waals surface area contributed by atoms with E-state index in [4.69, 9.17) is 0 Å². The maximum absolute atomic E-state index is 13.2. The molecule has 15 heteroatoms. The van der Waals surface area contributed by atoms with E-state index >= 15 is 0 Å². The van der Waals surface area contributed by atoms with Crippen molar-refractivity contribution in [2.45, 2.75) is 19.6 Å². The first-order valence-electron chi connectivity index (χ1n) is 8.28. The summed E-state index contributed by atoms with van der Waals surface area (Å²) in [6, 6.07) is 1.79. The molecule has 1 amide bonds. The van der Waals surface area contributed by atoms with E-state index in [0.29, 0.717) is 0 Å². The van der Waals surface area contributed by atoms with E-state index in [9.17, 15) is 18.0 Å². The number of hydrogen-bond acceptors (Lipinski definition) is 9. The highest BCUT2D eigenvalue weighted by Gasteiger charge is 2.34. The van der Waals surface area contributed by atoms with Gasteiger partial charge in [-0.05, 0) is 34.7 Å². The van der Waals surface area contributed by atoms with Crippen LogP contribution in [-0.4, -0.2) is 57.9 Å². The van der Waals surface area contributed by atoms with Gasteiger partial charge in [-0.3, -0.25) is 10.1 Å². The molecule has 0 saturated carbocycles. The van der Waals surface area contributed by atoms with Crippen LogP contribution in [0, 0.1) is 0 Å². The first kappa shape index (κ1) is 20.1. The number of nitrogens with one attached hydrogen (secondary N) is 1. The van der Waals surface area contributed by atoms with Crippen molar-refractivity contribution < 1.29 is 18.0 Å². The molecule has 0 unspecified atom stereocenters. The topological polar surface area (TPSA) is 132 Å². The number of halogens is 3. The van der Waals surface area contributed by atoms with Gasteiger partial charge >= 0.3 is 6.18 Å². The second kappa shape index (κ2) is 7.76. The van der Waals surface area contributed by atoms with Crippen LogP contribution in [0.2, 0.25) is 0 Å². The smallest absolute Gasteiger partial charge is 0.349 e. The van der Waals surface area contributed by atoms with E-state index < -0.39 is 17.8 Å². The van der Waals surface area contributed by atoms with Gasteiger partial charge < -0.3 is 4.90 Å². The summed E-state index contributed by atoms with van der Waals surface area (Å²) in [5.41, 5.74) is -1.22. The third kappa shape index (κ3) is 4.44. The van der Waals surface area contributed by atoms with E-state index in [-0.39, 0.29) is 36.2 Å². The molecule has 29 heavy (non-hydrogen) atoms. The van der Waals surface area contributed by atoms with Gasteiger partial charge in [0.1, 0.15) is 11.5 Å². The van der Waals surface area contributed by atoms with E-state index in [0.717, 1.165) is 12.1 Å². The molecular weight excluding hydrogens is 395 g/mol. The van der Waals surface area contributed by atoms with Gasteiger partial charge in [0.25, 0.3) is 5.91 Å². The molecule has 3 heterocycles. The Morgan fingerprint density at radius 1 is 1.21 bits per heavy atom. The zero-order valence-electron chi connectivity index (χ0n) is 15.6. The SMILES string of the molecule is CCN(Cc1nnn(C)n1)c1nc(C(F)(F)F)ccc1C(=O)Nc1nnnn1C. The molecule has 0 aromatic carbocycles. The lowest BCUT2D eigenvalue weighted by Gasteiger charge is -2.23. The van der Waals surface area contributed by atoms with Crippen molar-refractivity contribution in [3.05, 3.63) is 29.2 Å². The number of amides is 1. The van der Waals surface area contributed by atoms with Gasteiger partial charge in [0.05, 0.1) is 19.2 Å². The Bertz CT molecular complexity index is 1010. The molecule has 0 saturated heterocycles. The minimum Gasteiger partial charge on any atom is -0.349 e. The second-order valence-corrected chi connectivity index (χ2v) is 5.85. The molecule has 154 valence electrons. The third-order valence-corrected chi connectivity index (χ3v) is 3.82. The maximum atomic E-state index is 13.2. The number of anilines is 2. The average Bonchev–Trinajstić information content (AvgIpc) is 3.26. The number of carbonyl (C=O) groups excluding carboxylic acids is 1. The highest BCUT2D eigenvalue weighted by molar-refractivity contribution is 6.06.